The zero-order valence-corrected chi connectivity index (χ0v) is 19.6. The van der Waals surface area contributed by atoms with E-state index in [2.05, 4.69) is 15.4 Å². The number of nitrogens with one attached hydrogen (secondary N) is 3. The summed E-state index contributed by atoms with van der Waals surface area (Å²) in [5, 5.41) is 14.8. The highest BCUT2D eigenvalue weighted by Crippen LogP contribution is 2.15. The van der Waals surface area contributed by atoms with Crippen LogP contribution in [0, 0.1) is 5.82 Å². The molecule has 0 aliphatic carbocycles. The van der Waals surface area contributed by atoms with Crippen molar-refractivity contribution in [2.45, 2.75) is 23.8 Å². The van der Waals surface area contributed by atoms with Crippen LogP contribution in [0.4, 0.5) is 4.39 Å². The number of carbonyl (C=O) groups is 2. The highest BCUT2D eigenvalue weighted by molar-refractivity contribution is 7.89. The van der Waals surface area contributed by atoms with Gasteiger partial charge in [-0.25, -0.2) is 12.8 Å². The molecule has 3 rings (SSSR count). The lowest BCUT2D eigenvalue weighted by atomic mass is 10.1. The molecule has 1 atom stereocenters. The molecule has 3 aromatic carbocycles. The average molecular weight is 500 g/mol. The Balaban J connectivity index is 1.59. The van der Waals surface area contributed by atoms with Crippen LogP contribution in [0.3, 0.4) is 0 Å². The van der Waals surface area contributed by atoms with E-state index in [4.69, 9.17) is 0 Å². The number of aromatic hydroxyl groups is 1. The Kier molecular flexibility index (Phi) is 8.93. The highest BCUT2D eigenvalue weighted by Gasteiger charge is 2.27. The molecule has 0 heterocycles. The molecular formula is C25H26FN3O5S. The van der Waals surface area contributed by atoms with Gasteiger partial charge in [-0.05, 0) is 48.7 Å². The first-order valence-corrected chi connectivity index (χ1v) is 12.4. The Bertz CT molecular complexity index is 1270. The number of carbonyl (C=O) groups excluding carboxylic acids is 2. The first-order valence-electron chi connectivity index (χ1n) is 10.9. The van der Waals surface area contributed by atoms with Gasteiger partial charge in [0.25, 0.3) is 5.91 Å². The SMILES string of the molecule is O=C(NCCCNC(=O)C(Cc1ccccc1)NS(=O)(=O)c1ccccc1F)c1cccc(O)c1. The molecule has 0 fully saturated rings. The standard InChI is InChI=1S/C25H26FN3O5S/c26-21-12-4-5-13-23(21)35(33,34)29-22(16-18-8-2-1-3-9-18)25(32)28-15-7-14-27-24(31)19-10-6-11-20(30)17-19/h1-6,8-13,17,22,29-30H,7,14-16H2,(H,27,31)(H,28,32). The van der Waals surface area contributed by atoms with Crippen LogP contribution in [0.15, 0.2) is 83.8 Å². The van der Waals surface area contributed by atoms with E-state index in [0.717, 1.165) is 17.7 Å². The highest BCUT2D eigenvalue weighted by atomic mass is 32.2. The molecule has 0 radical (unpaired) electrons. The van der Waals surface area contributed by atoms with Crippen molar-refractivity contribution in [3.63, 3.8) is 0 Å². The van der Waals surface area contributed by atoms with Crippen molar-refractivity contribution in [2.75, 3.05) is 13.1 Å². The van der Waals surface area contributed by atoms with E-state index < -0.39 is 32.7 Å². The zero-order valence-electron chi connectivity index (χ0n) is 18.8. The lowest BCUT2D eigenvalue weighted by Gasteiger charge is -2.19. The summed E-state index contributed by atoms with van der Waals surface area (Å²) >= 11 is 0. The molecule has 1 unspecified atom stereocenters. The number of benzene rings is 3. The van der Waals surface area contributed by atoms with Gasteiger partial charge in [0.15, 0.2) is 0 Å². The molecule has 0 saturated carbocycles. The summed E-state index contributed by atoms with van der Waals surface area (Å²) in [6.07, 6.45) is 0.447. The third-order valence-corrected chi connectivity index (χ3v) is 6.57. The first-order chi connectivity index (χ1) is 16.8. The Morgan fingerprint density at radius 1 is 0.886 bits per heavy atom. The average Bonchev–Trinajstić information content (AvgIpc) is 2.84. The minimum absolute atomic E-state index is 0.0211. The fourth-order valence-electron chi connectivity index (χ4n) is 3.33. The summed E-state index contributed by atoms with van der Waals surface area (Å²) in [4.78, 5) is 24.4. The fourth-order valence-corrected chi connectivity index (χ4v) is 4.60. The molecule has 4 N–H and O–H groups in total. The van der Waals surface area contributed by atoms with E-state index in [1.54, 1.807) is 42.5 Å². The van der Waals surface area contributed by atoms with Crippen molar-refractivity contribution in [3.05, 3.63) is 95.8 Å². The van der Waals surface area contributed by atoms with Gasteiger partial charge in [-0.3, -0.25) is 9.59 Å². The molecule has 0 aliphatic rings. The summed E-state index contributed by atoms with van der Waals surface area (Å²) in [5.41, 5.74) is 1.03. The van der Waals surface area contributed by atoms with Crippen molar-refractivity contribution in [1.29, 1.82) is 0 Å². The third-order valence-electron chi connectivity index (χ3n) is 5.07. The summed E-state index contributed by atoms with van der Waals surface area (Å²) in [7, 11) is -4.30. The molecular weight excluding hydrogens is 473 g/mol. The van der Waals surface area contributed by atoms with Gasteiger partial charge >= 0.3 is 0 Å². The molecule has 0 aliphatic heterocycles. The van der Waals surface area contributed by atoms with Gasteiger partial charge in [0.1, 0.15) is 22.5 Å². The van der Waals surface area contributed by atoms with E-state index in [1.807, 2.05) is 0 Å². The Hall–Kier alpha value is -3.76. The predicted octanol–water partition coefficient (Wildman–Crippen LogP) is 2.36. The van der Waals surface area contributed by atoms with Gasteiger partial charge in [0.2, 0.25) is 15.9 Å². The second kappa shape index (κ2) is 12.1. The number of amides is 2. The lowest BCUT2D eigenvalue weighted by molar-refractivity contribution is -0.122. The second-order valence-electron chi connectivity index (χ2n) is 7.74. The van der Waals surface area contributed by atoms with Crippen LogP contribution in [0.1, 0.15) is 22.3 Å². The van der Waals surface area contributed by atoms with Crippen LogP contribution < -0.4 is 15.4 Å². The van der Waals surface area contributed by atoms with Crippen molar-refractivity contribution in [3.8, 4) is 5.75 Å². The molecule has 8 nitrogen and oxygen atoms in total. The van der Waals surface area contributed by atoms with Crippen molar-refractivity contribution in [2.24, 2.45) is 0 Å². The molecule has 0 aromatic heterocycles. The molecule has 0 spiro atoms. The summed E-state index contributed by atoms with van der Waals surface area (Å²) in [6, 6.07) is 18.5. The van der Waals surface area contributed by atoms with Crippen LogP contribution in [0.2, 0.25) is 0 Å². The van der Waals surface area contributed by atoms with Crippen LogP contribution in [-0.2, 0) is 21.2 Å². The molecule has 0 bridgehead atoms. The van der Waals surface area contributed by atoms with Gasteiger partial charge in [0.05, 0.1) is 0 Å². The van der Waals surface area contributed by atoms with Crippen LogP contribution >= 0.6 is 0 Å². The van der Waals surface area contributed by atoms with Gasteiger partial charge in [-0.15, -0.1) is 0 Å². The molecule has 10 heteroatoms. The number of phenolic OH excluding ortho intramolecular Hbond substituents is 1. The van der Waals surface area contributed by atoms with Gasteiger partial charge < -0.3 is 15.7 Å². The summed E-state index contributed by atoms with van der Waals surface area (Å²) in [5.74, 6) is -1.88. The monoisotopic (exact) mass is 499 g/mol. The minimum atomic E-state index is -4.30. The number of halogens is 1. The quantitative estimate of drug-likeness (QED) is 0.302. The van der Waals surface area contributed by atoms with Crippen LogP contribution in [0.25, 0.3) is 0 Å². The number of phenols is 1. The van der Waals surface area contributed by atoms with Crippen molar-refractivity contribution in [1.82, 2.24) is 15.4 Å². The molecule has 3 aromatic rings. The van der Waals surface area contributed by atoms with E-state index in [-0.39, 0.29) is 31.2 Å². The molecule has 184 valence electrons. The van der Waals surface area contributed by atoms with Crippen LogP contribution in [-0.4, -0.2) is 44.5 Å². The number of hydrogen-bond acceptors (Lipinski definition) is 5. The van der Waals surface area contributed by atoms with Gasteiger partial charge in [-0.2, -0.15) is 4.72 Å². The van der Waals surface area contributed by atoms with E-state index in [1.165, 1.54) is 24.3 Å². The first kappa shape index (κ1) is 25.9. The third kappa shape index (κ3) is 7.62. The maximum Gasteiger partial charge on any atom is 0.251 e. The van der Waals surface area contributed by atoms with E-state index in [9.17, 15) is 27.5 Å². The number of hydrogen-bond donors (Lipinski definition) is 4. The maximum atomic E-state index is 14.1. The van der Waals surface area contributed by atoms with Gasteiger partial charge in [-0.1, -0.05) is 48.5 Å². The normalized spacial score (nSPS) is 12.0. The Morgan fingerprint density at radius 3 is 2.29 bits per heavy atom. The van der Waals surface area contributed by atoms with Crippen molar-refractivity contribution < 1.29 is 27.5 Å². The molecule has 2 amide bonds. The Morgan fingerprint density at radius 2 is 1.57 bits per heavy atom. The minimum Gasteiger partial charge on any atom is -0.508 e. The molecule has 35 heavy (non-hydrogen) atoms. The molecule has 0 saturated heterocycles. The van der Waals surface area contributed by atoms with Crippen molar-refractivity contribution >= 4 is 21.8 Å². The smallest absolute Gasteiger partial charge is 0.251 e. The largest absolute Gasteiger partial charge is 0.508 e. The zero-order chi connectivity index (χ0) is 25.3. The summed E-state index contributed by atoms with van der Waals surface area (Å²) < 4.78 is 41.9. The maximum absolute atomic E-state index is 14.1. The van der Waals surface area contributed by atoms with E-state index >= 15 is 0 Å². The number of rotatable bonds is 11. The number of sulfonamides is 1. The predicted molar refractivity (Wildman–Crippen MR) is 129 cm³/mol. The second-order valence-corrected chi connectivity index (χ2v) is 9.43. The summed E-state index contributed by atoms with van der Waals surface area (Å²) in [6.45, 7) is 0.422. The Labute approximate surface area is 203 Å². The van der Waals surface area contributed by atoms with Crippen LogP contribution in [0.5, 0.6) is 5.75 Å². The van der Waals surface area contributed by atoms with E-state index in [0.29, 0.717) is 12.0 Å². The fraction of sp³-hybridized carbons (Fsp3) is 0.200. The van der Waals surface area contributed by atoms with Gasteiger partial charge in [0, 0.05) is 18.7 Å². The topological polar surface area (TPSA) is 125 Å². The lowest BCUT2D eigenvalue weighted by Crippen LogP contribution is -2.48.